The lowest BCUT2D eigenvalue weighted by molar-refractivity contribution is -0.192. The summed E-state index contributed by atoms with van der Waals surface area (Å²) in [6, 6.07) is 12.1. The molecule has 246 valence electrons. The molecule has 1 aliphatic rings. The highest BCUT2D eigenvalue weighted by molar-refractivity contribution is 9.10. The highest BCUT2D eigenvalue weighted by atomic mass is 79.9. The monoisotopic (exact) mass is 723 g/mol. The first-order valence-electron chi connectivity index (χ1n) is 13.5. The number of hydrogen-bond acceptors (Lipinski definition) is 6. The quantitative estimate of drug-likeness (QED) is 0.264. The maximum Gasteiger partial charge on any atom is 0.490 e. The Morgan fingerprint density at radius 2 is 1.51 bits per heavy atom. The Morgan fingerprint density at radius 1 is 0.978 bits per heavy atom. The van der Waals surface area contributed by atoms with Crippen molar-refractivity contribution in [1.82, 2.24) is 9.62 Å². The third-order valence-electron chi connectivity index (χ3n) is 6.67. The van der Waals surface area contributed by atoms with Gasteiger partial charge in [-0.25, -0.2) is 13.2 Å². The van der Waals surface area contributed by atoms with Crippen molar-refractivity contribution in [3.63, 3.8) is 0 Å². The Bertz CT molecular complexity index is 1610. The van der Waals surface area contributed by atoms with Gasteiger partial charge in [-0.2, -0.15) is 26.7 Å². The molecule has 16 heteroatoms. The van der Waals surface area contributed by atoms with E-state index in [9.17, 15) is 26.4 Å². The summed E-state index contributed by atoms with van der Waals surface area (Å²) in [5.41, 5.74) is 5.43. The van der Waals surface area contributed by atoms with E-state index in [1.807, 2.05) is 18.6 Å². The van der Waals surface area contributed by atoms with Crippen LogP contribution in [0.25, 0.3) is 10.8 Å². The van der Waals surface area contributed by atoms with Crippen molar-refractivity contribution in [3.05, 3.63) is 70.7 Å². The summed E-state index contributed by atoms with van der Waals surface area (Å²) in [6.45, 7) is 4.13. The summed E-state index contributed by atoms with van der Waals surface area (Å²) in [5, 5.41) is 8.43. The number of ether oxygens (including phenoxy) is 1. The molecule has 0 unspecified atom stereocenters. The summed E-state index contributed by atoms with van der Waals surface area (Å²) < 4.78 is 98.5. The number of nitrogens with one attached hydrogen (secondary N) is 1. The summed E-state index contributed by atoms with van der Waals surface area (Å²) in [5.74, 6) is -6.95. The summed E-state index contributed by atoms with van der Waals surface area (Å²) in [4.78, 5) is 23.3. The van der Waals surface area contributed by atoms with Gasteiger partial charge in [0.05, 0.1) is 11.0 Å². The second-order valence-corrected chi connectivity index (χ2v) is 13.1. The van der Waals surface area contributed by atoms with Crippen molar-refractivity contribution >= 4 is 48.6 Å². The molecule has 1 amide bonds. The first-order chi connectivity index (χ1) is 20.8. The van der Waals surface area contributed by atoms with Gasteiger partial charge >= 0.3 is 12.1 Å². The van der Waals surface area contributed by atoms with E-state index in [-0.39, 0.29) is 30.1 Å². The topological polar surface area (TPSA) is 139 Å². The van der Waals surface area contributed by atoms with Gasteiger partial charge < -0.3 is 20.5 Å². The van der Waals surface area contributed by atoms with Crippen LogP contribution in [0.15, 0.2) is 70.0 Å². The number of alkyl halides is 5. The smallest absolute Gasteiger partial charge is 0.490 e. The van der Waals surface area contributed by atoms with Crippen molar-refractivity contribution in [3.8, 4) is 5.75 Å². The van der Waals surface area contributed by atoms with Gasteiger partial charge in [0, 0.05) is 29.2 Å². The van der Waals surface area contributed by atoms with Gasteiger partial charge in [0.1, 0.15) is 5.75 Å². The lowest BCUT2D eigenvalue weighted by Gasteiger charge is -2.35. The van der Waals surface area contributed by atoms with E-state index in [0.717, 1.165) is 17.5 Å². The van der Waals surface area contributed by atoms with Crippen molar-refractivity contribution < 1.29 is 49.8 Å². The number of carbonyl (C=O) groups excluding carboxylic acids is 1. The van der Waals surface area contributed by atoms with Crippen LogP contribution in [0.5, 0.6) is 5.75 Å². The average Bonchev–Trinajstić information content (AvgIpc) is 2.95. The van der Waals surface area contributed by atoms with Crippen LogP contribution < -0.4 is 15.2 Å². The number of benzene rings is 3. The van der Waals surface area contributed by atoms with E-state index in [1.54, 1.807) is 24.3 Å². The van der Waals surface area contributed by atoms with Gasteiger partial charge in [-0.05, 0) is 73.9 Å². The number of carbonyl (C=O) groups is 2. The van der Waals surface area contributed by atoms with Crippen molar-refractivity contribution in [2.75, 3.05) is 13.1 Å². The molecule has 0 radical (unpaired) electrons. The minimum Gasteiger partial charge on any atom is -0.491 e. The number of piperidine rings is 1. The molecule has 45 heavy (non-hydrogen) atoms. The molecule has 3 aromatic rings. The molecule has 4 rings (SSSR count). The number of aliphatic carboxylic acids is 1. The average molecular weight is 725 g/mol. The number of rotatable bonds is 8. The van der Waals surface area contributed by atoms with Crippen molar-refractivity contribution in [1.29, 1.82) is 0 Å². The van der Waals surface area contributed by atoms with Gasteiger partial charge in [-0.3, -0.25) is 4.79 Å². The minimum atomic E-state index is -5.08. The molecule has 1 aliphatic heterocycles. The predicted octanol–water partition coefficient (Wildman–Crippen LogP) is 5.41. The van der Waals surface area contributed by atoms with E-state index in [1.165, 1.54) is 29.2 Å². The summed E-state index contributed by atoms with van der Waals surface area (Å²) in [6.07, 6.45) is -4.22. The number of carboxylic acid groups (broad SMARTS) is 1. The largest absolute Gasteiger partial charge is 0.491 e. The highest BCUT2D eigenvalue weighted by Gasteiger charge is 2.50. The molecule has 3 aromatic carbocycles. The maximum atomic E-state index is 15.9. The van der Waals surface area contributed by atoms with Gasteiger partial charge in [0.25, 0.3) is 5.92 Å². The number of carboxylic acids is 1. The van der Waals surface area contributed by atoms with Crippen LogP contribution in [0, 0.1) is 0 Å². The number of sulfonamides is 1. The van der Waals surface area contributed by atoms with Gasteiger partial charge in [0.15, 0.2) is 6.04 Å². The lowest BCUT2D eigenvalue weighted by Crippen LogP contribution is -2.57. The number of amides is 1. The maximum absolute atomic E-state index is 15.9. The van der Waals surface area contributed by atoms with Crippen molar-refractivity contribution in [2.45, 2.75) is 61.9 Å². The minimum absolute atomic E-state index is 0.0335. The third kappa shape index (κ3) is 9.58. The first kappa shape index (κ1) is 36.1. The predicted molar refractivity (Wildman–Crippen MR) is 159 cm³/mol. The van der Waals surface area contributed by atoms with E-state index in [4.69, 9.17) is 20.4 Å². The molecule has 1 atom stereocenters. The normalized spacial score (nSPS) is 15.4. The molecule has 0 aliphatic carbocycles. The highest BCUT2D eigenvalue weighted by Crippen LogP contribution is 2.35. The van der Waals surface area contributed by atoms with Crippen LogP contribution in [0.3, 0.4) is 0 Å². The SMILES string of the molecule is CC(C)Oc1ccc2cc(S(=O)(=O)N[C@@H](C(=O)N3CCC(N)CC3)C(F)(F)c3ccc(Br)cc3)ccc2c1.O=C(O)C(F)(F)F. The molecular weight excluding hydrogens is 693 g/mol. The zero-order chi connectivity index (χ0) is 33.7. The number of hydrogen-bond donors (Lipinski definition) is 3. The van der Waals surface area contributed by atoms with E-state index in [0.29, 0.717) is 28.5 Å². The third-order valence-corrected chi connectivity index (χ3v) is 8.62. The molecule has 0 spiro atoms. The number of nitrogens with two attached hydrogens (primary N) is 1. The van der Waals surface area contributed by atoms with Crippen LogP contribution >= 0.6 is 15.9 Å². The number of fused-ring (bicyclic) bond motifs is 1. The Kier molecular flexibility index (Phi) is 11.6. The molecule has 0 aromatic heterocycles. The molecular formula is C29H31BrF5N3O6S. The zero-order valence-electron chi connectivity index (χ0n) is 24.0. The van der Waals surface area contributed by atoms with E-state index in [2.05, 4.69) is 15.9 Å². The molecule has 1 saturated heterocycles. The Hall–Kier alpha value is -3.34. The first-order valence-corrected chi connectivity index (χ1v) is 15.8. The van der Waals surface area contributed by atoms with Crippen LogP contribution in [-0.4, -0.2) is 67.8 Å². The van der Waals surface area contributed by atoms with Crippen molar-refractivity contribution in [2.24, 2.45) is 5.73 Å². The molecule has 1 heterocycles. The van der Waals surface area contributed by atoms with Crippen LogP contribution in [0.4, 0.5) is 22.0 Å². The van der Waals surface area contributed by atoms with Crippen LogP contribution in [0.1, 0.15) is 32.3 Å². The standard InChI is InChI=1S/C27H30BrF2N3O4S.C2HF3O2/c1-17(2)37-23-9-3-19-16-24(10-4-18(19)15-23)38(35,36)32-25(26(34)33-13-11-22(31)12-14-33)27(29,30)20-5-7-21(28)8-6-20;3-2(4,5)1(6)7/h3-10,15-17,22,25,32H,11-14,31H2,1-2H3;(H,6,7)/t25-;/m0./s1. The van der Waals surface area contributed by atoms with E-state index < -0.39 is 45.6 Å². The Morgan fingerprint density at radius 3 is 2.04 bits per heavy atom. The number of nitrogens with zero attached hydrogens (tertiary/aromatic N) is 1. The fourth-order valence-corrected chi connectivity index (χ4v) is 5.85. The molecule has 0 saturated carbocycles. The fourth-order valence-electron chi connectivity index (χ4n) is 4.36. The van der Waals surface area contributed by atoms with Gasteiger partial charge in [-0.1, -0.05) is 40.2 Å². The fraction of sp³-hybridized carbons (Fsp3) is 0.379. The molecule has 0 bridgehead atoms. The molecule has 9 nitrogen and oxygen atoms in total. The van der Waals surface area contributed by atoms with E-state index >= 15 is 8.78 Å². The lowest BCUT2D eigenvalue weighted by atomic mass is 9.99. The Balaban J connectivity index is 0.000000707. The zero-order valence-corrected chi connectivity index (χ0v) is 26.4. The van der Waals surface area contributed by atoms with Crippen LogP contribution in [-0.2, 0) is 25.5 Å². The van der Waals surface area contributed by atoms with Crippen LogP contribution in [0.2, 0.25) is 0 Å². The van der Waals surface area contributed by atoms with Gasteiger partial charge in [0.2, 0.25) is 15.9 Å². The number of halogens is 6. The summed E-state index contributed by atoms with van der Waals surface area (Å²) in [7, 11) is -4.52. The molecule has 4 N–H and O–H groups in total. The Labute approximate surface area is 264 Å². The summed E-state index contributed by atoms with van der Waals surface area (Å²) >= 11 is 3.21. The number of likely N-dealkylation sites (tertiary alicyclic amines) is 1. The van der Waals surface area contributed by atoms with Gasteiger partial charge in [-0.15, -0.1) is 0 Å². The second kappa shape index (κ2) is 14.4. The molecule has 1 fully saturated rings. The second-order valence-electron chi connectivity index (χ2n) is 10.5.